The molecule has 0 radical (unpaired) electrons. The summed E-state index contributed by atoms with van der Waals surface area (Å²) in [5.74, 6) is 1.52. The number of hydrogen-bond donors (Lipinski definition) is 1. The molecule has 1 N–H and O–H groups in total. The first kappa shape index (κ1) is 11.6. The highest BCUT2D eigenvalue weighted by atomic mass is 79.9. The molecule has 1 aliphatic heterocycles. The molecule has 5 heteroatoms. The first-order valence-corrected chi connectivity index (χ1v) is 6.38. The van der Waals surface area contributed by atoms with Gasteiger partial charge in [-0.05, 0) is 41.6 Å². The molecule has 2 unspecified atom stereocenters. The smallest absolute Gasteiger partial charge is 0.267 e. The third kappa shape index (κ3) is 2.14. The molecule has 1 fully saturated rings. The summed E-state index contributed by atoms with van der Waals surface area (Å²) >= 11 is 3.31. The third-order valence-corrected chi connectivity index (χ3v) is 3.90. The Kier molecular flexibility index (Phi) is 3.33. The molecule has 16 heavy (non-hydrogen) atoms. The second kappa shape index (κ2) is 4.57. The predicted molar refractivity (Wildman–Crippen MR) is 67.8 cm³/mol. The molecule has 2 atom stereocenters. The Bertz CT molecular complexity index is 431. The van der Waals surface area contributed by atoms with Gasteiger partial charge in [0.15, 0.2) is 5.82 Å². The van der Waals surface area contributed by atoms with Gasteiger partial charge in [-0.15, -0.1) is 0 Å². The molecule has 1 aromatic heterocycles. The zero-order valence-electron chi connectivity index (χ0n) is 9.53. The van der Waals surface area contributed by atoms with E-state index in [0.29, 0.717) is 10.5 Å². The van der Waals surface area contributed by atoms with Crippen LogP contribution < -0.4 is 10.5 Å². The molecule has 1 aromatic rings. The zero-order chi connectivity index (χ0) is 11.7. The van der Waals surface area contributed by atoms with Gasteiger partial charge in [-0.2, -0.15) is 0 Å². The Morgan fingerprint density at radius 3 is 3.00 bits per heavy atom. The standard InChI is InChI=1S/C11H16BrN3O/c1-7-3-4-15(8(2)5-7)10-9(12)11(16)14-6-13-10/h6-8H,3-5H2,1-2H3,(H,13,14,16). The molecule has 0 bridgehead atoms. The summed E-state index contributed by atoms with van der Waals surface area (Å²) in [6.07, 6.45) is 3.78. The van der Waals surface area contributed by atoms with Crippen LogP contribution in [0.1, 0.15) is 26.7 Å². The number of halogens is 1. The van der Waals surface area contributed by atoms with Gasteiger partial charge in [-0.3, -0.25) is 4.79 Å². The van der Waals surface area contributed by atoms with E-state index < -0.39 is 0 Å². The molecular formula is C11H16BrN3O. The molecule has 0 aromatic carbocycles. The number of nitrogens with zero attached hydrogens (tertiary/aromatic N) is 2. The van der Waals surface area contributed by atoms with E-state index in [9.17, 15) is 4.79 Å². The van der Waals surface area contributed by atoms with Gasteiger partial charge in [0.05, 0.1) is 6.33 Å². The molecular weight excluding hydrogens is 270 g/mol. The average molecular weight is 286 g/mol. The van der Waals surface area contributed by atoms with E-state index in [1.807, 2.05) is 0 Å². The van der Waals surface area contributed by atoms with Gasteiger partial charge in [-0.1, -0.05) is 6.92 Å². The maximum atomic E-state index is 11.5. The zero-order valence-corrected chi connectivity index (χ0v) is 11.1. The number of H-pyrrole nitrogens is 1. The molecule has 0 amide bonds. The lowest BCUT2D eigenvalue weighted by Crippen LogP contribution is -2.41. The van der Waals surface area contributed by atoms with Crippen LogP contribution in [0.5, 0.6) is 0 Å². The highest BCUT2D eigenvalue weighted by Gasteiger charge is 2.25. The van der Waals surface area contributed by atoms with E-state index in [1.54, 1.807) is 0 Å². The van der Waals surface area contributed by atoms with Crippen molar-refractivity contribution in [2.75, 3.05) is 11.4 Å². The monoisotopic (exact) mass is 285 g/mol. The minimum absolute atomic E-state index is 0.115. The Morgan fingerprint density at radius 2 is 2.31 bits per heavy atom. The molecule has 2 heterocycles. The number of piperidine rings is 1. The van der Waals surface area contributed by atoms with Crippen LogP contribution >= 0.6 is 15.9 Å². The fraction of sp³-hybridized carbons (Fsp3) is 0.636. The lowest BCUT2D eigenvalue weighted by molar-refractivity contribution is 0.375. The molecule has 4 nitrogen and oxygen atoms in total. The Labute approximate surface area is 103 Å². The van der Waals surface area contributed by atoms with Gasteiger partial charge >= 0.3 is 0 Å². The average Bonchev–Trinajstić information content (AvgIpc) is 2.23. The van der Waals surface area contributed by atoms with E-state index >= 15 is 0 Å². The number of hydrogen-bond acceptors (Lipinski definition) is 3. The largest absolute Gasteiger partial charge is 0.353 e. The van der Waals surface area contributed by atoms with Crippen molar-refractivity contribution in [1.29, 1.82) is 0 Å². The van der Waals surface area contributed by atoms with Crippen molar-refractivity contribution in [3.63, 3.8) is 0 Å². The van der Waals surface area contributed by atoms with E-state index in [0.717, 1.165) is 31.1 Å². The van der Waals surface area contributed by atoms with Crippen LogP contribution in [0.4, 0.5) is 5.82 Å². The quantitative estimate of drug-likeness (QED) is 0.860. The molecule has 2 rings (SSSR count). The highest BCUT2D eigenvalue weighted by Crippen LogP contribution is 2.29. The summed E-state index contributed by atoms with van der Waals surface area (Å²) in [7, 11) is 0. The molecule has 1 aliphatic rings. The topological polar surface area (TPSA) is 49.0 Å². The van der Waals surface area contributed by atoms with Crippen LogP contribution in [0, 0.1) is 5.92 Å². The molecule has 0 aliphatic carbocycles. The van der Waals surface area contributed by atoms with Crippen LogP contribution in [-0.2, 0) is 0 Å². The third-order valence-electron chi connectivity index (χ3n) is 3.19. The van der Waals surface area contributed by atoms with Crippen molar-refractivity contribution in [3.05, 3.63) is 21.2 Å². The normalized spacial score (nSPS) is 25.8. The van der Waals surface area contributed by atoms with Crippen LogP contribution in [0.25, 0.3) is 0 Å². The van der Waals surface area contributed by atoms with Crippen LogP contribution in [0.3, 0.4) is 0 Å². The summed E-state index contributed by atoms with van der Waals surface area (Å²) < 4.78 is 0.538. The van der Waals surface area contributed by atoms with Crippen LogP contribution in [0.15, 0.2) is 15.6 Å². The SMILES string of the molecule is CC1CCN(c2nc[nH]c(=O)c2Br)C(C)C1. The van der Waals surface area contributed by atoms with E-state index in [-0.39, 0.29) is 5.56 Å². The Hall–Kier alpha value is -0.840. The molecule has 1 saturated heterocycles. The van der Waals surface area contributed by atoms with Gasteiger partial charge in [0.2, 0.25) is 0 Å². The van der Waals surface area contributed by atoms with Crippen molar-refractivity contribution >= 4 is 21.7 Å². The van der Waals surface area contributed by atoms with Gasteiger partial charge in [0, 0.05) is 12.6 Å². The maximum absolute atomic E-state index is 11.5. The summed E-state index contributed by atoms with van der Waals surface area (Å²) in [4.78, 5) is 20.5. The molecule has 88 valence electrons. The van der Waals surface area contributed by atoms with Gasteiger partial charge in [-0.25, -0.2) is 4.98 Å². The van der Waals surface area contributed by atoms with E-state index in [1.165, 1.54) is 6.33 Å². The van der Waals surface area contributed by atoms with Gasteiger partial charge in [0.1, 0.15) is 4.47 Å². The number of anilines is 1. The Balaban J connectivity index is 2.30. The number of aromatic nitrogens is 2. The van der Waals surface area contributed by atoms with Crippen molar-refractivity contribution in [2.24, 2.45) is 5.92 Å². The summed E-state index contributed by atoms with van der Waals surface area (Å²) in [5.41, 5.74) is -0.115. The predicted octanol–water partition coefficient (Wildman–Crippen LogP) is 2.16. The summed E-state index contributed by atoms with van der Waals surface area (Å²) in [6, 6.07) is 0.439. The first-order valence-electron chi connectivity index (χ1n) is 5.59. The number of aromatic amines is 1. The summed E-state index contributed by atoms with van der Waals surface area (Å²) in [5, 5.41) is 0. The van der Waals surface area contributed by atoms with Crippen molar-refractivity contribution in [2.45, 2.75) is 32.7 Å². The molecule has 0 saturated carbocycles. The number of nitrogens with one attached hydrogen (secondary N) is 1. The van der Waals surface area contributed by atoms with Gasteiger partial charge in [0.25, 0.3) is 5.56 Å². The summed E-state index contributed by atoms with van der Waals surface area (Å²) in [6.45, 7) is 5.43. The minimum Gasteiger partial charge on any atom is -0.353 e. The minimum atomic E-state index is -0.115. The lowest BCUT2D eigenvalue weighted by Gasteiger charge is -2.37. The fourth-order valence-corrected chi connectivity index (χ4v) is 2.74. The Morgan fingerprint density at radius 1 is 1.56 bits per heavy atom. The molecule has 0 spiro atoms. The lowest BCUT2D eigenvalue weighted by atomic mass is 9.93. The maximum Gasteiger partial charge on any atom is 0.267 e. The fourth-order valence-electron chi connectivity index (χ4n) is 2.30. The number of rotatable bonds is 1. The van der Waals surface area contributed by atoms with E-state index in [2.05, 4.69) is 44.6 Å². The first-order chi connectivity index (χ1) is 7.59. The van der Waals surface area contributed by atoms with E-state index in [4.69, 9.17) is 0 Å². The van der Waals surface area contributed by atoms with Crippen molar-refractivity contribution in [1.82, 2.24) is 9.97 Å². The van der Waals surface area contributed by atoms with Crippen LogP contribution in [-0.4, -0.2) is 22.6 Å². The van der Waals surface area contributed by atoms with Gasteiger partial charge < -0.3 is 9.88 Å². The van der Waals surface area contributed by atoms with Crippen LogP contribution in [0.2, 0.25) is 0 Å². The van der Waals surface area contributed by atoms with Crippen molar-refractivity contribution in [3.8, 4) is 0 Å². The van der Waals surface area contributed by atoms with Crippen molar-refractivity contribution < 1.29 is 0 Å². The second-order valence-electron chi connectivity index (χ2n) is 4.54. The second-order valence-corrected chi connectivity index (χ2v) is 5.33. The highest BCUT2D eigenvalue weighted by molar-refractivity contribution is 9.10.